The van der Waals surface area contributed by atoms with E-state index in [4.69, 9.17) is 4.74 Å². The number of hydrogen-bond acceptors (Lipinski definition) is 4. The number of methoxy groups -OCH3 is 1. The van der Waals surface area contributed by atoms with Crippen LogP contribution in [0, 0.1) is 0 Å². The fourth-order valence-corrected chi connectivity index (χ4v) is 1.92. The Hall–Kier alpha value is -2.02. The lowest BCUT2D eigenvalue weighted by molar-refractivity contribution is -0.115. The van der Waals surface area contributed by atoms with Gasteiger partial charge >= 0.3 is 6.03 Å². The molecule has 3 N–H and O–H groups in total. The van der Waals surface area contributed by atoms with Crippen molar-refractivity contribution in [3.8, 4) is 11.5 Å². The number of nitrogens with one attached hydrogen (secondary N) is 2. The number of phenolic OH excluding ortho intramolecular Hbond substituents is 1. The topological polar surface area (TPSA) is 87.7 Å². The molecule has 0 bridgehead atoms. The van der Waals surface area contributed by atoms with Crippen molar-refractivity contribution in [2.45, 2.75) is 0 Å². The van der Waals surface area contributed by atoms with Crippen LogP contribution in [0.3, 0.4) is 0 Å². The third kappa shape index (κ3) is 2.30. The second kappa shape index (κ2) is 4.69. The van der Waals surface area contributed by atoms with Crippen LogP contribution in [0.1, 0.15) is 5.56 Å². The SMILES string of the molecule is COc1cc(/C=C2/NC(=O)NC2=O)c(Br)cc1O. The number of benzene rings is 1. The molecule has 18 heavy (non-hydrogen) atoms. The molecule has 0 aromatic heterocycles. The minimum absolute atomic E-state index is 0.0218. The minimum Gasteiger partial charge on any atom is -0.504 e. The number of rotatable bonds is 2. The minimum atomic E-state index is -0.562. The maximum absolute atomic E-state index is 11.4. The summed E-state index contributed by atoms with van der Waals surface area (Å²) in [5.74, 6) is -0.250. The molecule has 0 unspecified atom stereocenters. The Balaban J connectivity index is 2.43. The lowest BCUT2D eigenvalue weighted by Crippen LogP contribution is -2.22. The largest absolute Gasteiger partial charge is 0.504 e. The Morgan fingerprint density at radius 3 is 2.61 bits per heavy atom. The number of imide groups is 1. The second-order valence-corrected chi connectivity index (χ2v) is 4.37. The van der Waals surface area contributed by atoms with Gasteiger partial charge in [-0.25, -0.2) is 4.79 Å². The average molecular weight is 313 g/mol. The van der Waals surface area contributed by atoms with Gasteiger partial charge in [-0.2, -0.15) is 0 Å². The van der Waals surface area contributed by atoms with Gasteiger partial charge in [-0.3, -0.25) is 10.1 Å². The van der Waals surface area contributed by atoms with E-state index in [2.05, 4.69) is 26.6 Å². The number of amides is 3. The molecule has 1 heterocycles. The molecule has 0 atom stereocenters. The van der Waals surface area contributed by atoms with Crippen molar-refractivity contribution >= 4 is 33.9 Å². The summed E-state index contributed by atoms with van der Waals surface area (Å²) in [6.45, 7) is 0. The molecular weight excluding hydrogens is 304 g/mol. The molecule has 94 valence electrons. The van der Waals surface area contributed by atoms with Crippen molar-refractivity contribution in [2.24, 2.45) is 0 Å². The summed E-state index contributed by atoms with van der Waals surface area (Å²) in [4.78, 5) is 22.3. The van der Waals surface area contributed by atoms with Gasteiger partial charge in [0, 0.05) is 4.47 Å². The van der Waals surface area contributed by atoms with Crippen molar-refractivity contribution < 1.29 is 19.4 Å². The molecule has 1 aliphatic rings. The van der Waals surface area contributed by atoms with Crippen molar-refractivity contribution in [3.63, 3.8) is 0 Å². The number of phenols is 1. The standard InChI is InChI=1S/C11H9BrN2O4/c1-18-9-3-5(6(12)4-8(9)15)2-7-10(16)14-11(17)13-7/h2-4,15H,1H3,(H2,13,14,16,17)/b7-2+. The maximum atomic E-state index is 11.4. The smallest absolute Gasteiger partial charge is 0.326 e. The molecule has 6 nitrogen and oxygen atoms in total. The van der Waals surface area contributed by atoms with Crippen LogP contribution in [0.4, 0.5) is 4.79 Å². The second-order valence-electron chi connectivity index (χ2n) is 3.51. The highest BCUT2D eigenvalue weighted by Crippen LogP contribution is 2.33. The Bertz CT molecular complexity index is 568. The predicted molar refractivity (Wildman–Crippen MR) is 67.0 cm³/mol. The van der Waals surface area contributed by atoms with Gasteiger partial charge in [-0.15, -0.1) is 0 Å². The van der Waals surface area contributed by atoms with Crippen molar-refractivity contribution in [2.75, 3.05) is 7.11 Å². The fourth-order valence-electron chi connectivity index (χ4n) is 1.47. The predicted octanol–water partition coefficient (Wildman–Crippen LogP) is 1.34. The third-order valence-electron chi connectivity index (χ3n) is 2.32. The number of aromatic hydroxyl groups is 1. The van der Waals surface area contributed by atoms with Crippen LogP contribution < -0.4 is 15.4 Å². The Morgan fingerprint density at radius 1 is 1.33 bits per heavy atom. The summed E-state index contributed by atoms with van der Waals surface area (Å²) in [5.41, 5.74) is 0.727. The van der Waals surface area contributed by atoms with Crippen molar-refractivity contribution in [1.82, 2.24) is 10.6 Å². The zero-order chi connectivity index (χ0) is 13.3. The molecule has 1 aromatic rings. The van der Waals surface area contributed by atoms with Gasteiger partial charge < -0.3 is 15.2 Å². The van der Waals surface area contributed by atoms with Gasteiger partial charge in [0.1, 0.15) is 5.70 Å². The summed E-state index contributed by atoms with van der Waals surface area (Å²) < 4.78 is 5.54. The molecule has 0 spiro atoms. The van der Waals surface area contributed by atoms with Gasteiger partial charge in [0.05, 0.1) is 7.11 Å². The molecule has 7 heteroatoms. The van der Waals surface area contributed by atoms with Crippen LogP contribution in [-0.4, -0.2) is 24.2 Å². The molecule has 1 aromatic carbocycles. The van der Waals surface area contributed by atoms with Gasteiger partial charge in [-0.05, 0) is 23.8 Å². The monoisotopic (exact) mass is 312 g/mol. The van der Waals surface area contributed by atoms with Crippen LogP contribution in [0.5, 0.6) is 11.5 Å². The van der Waals surface area contributed by atoms with E-state index in [1.165, 1.54) is 19.3 Å². The highest BCUT2D eigenvalue weighted by Gasteiger charge is 2.23. The van der Waals surface area contributed by atoms with E-state index in [-0.39, 0.29) is 17.2 Å². The van der Waals surface area contributed by atoms with Gasteiger partial charge in [-0.1, -0.05) is 15.9 Å². The normalized spacial score (nSPS) is 16.7. The molecule has 1 aliphatic heterocycles. The Labute approximate surface area is 111 Å². The Kier molecular flexibility index (Phi) is 3.24. The van der Waals surface area contributed by atoms with E-state index in [1.54, 1.807) is 6.07 Å². The van der Waals surface area contributed by atoms with Crippen LogP contribution >= 0.6 is 15.9 Å². The molecular formula is C11H9BrN2O4. The van der Waals surface area contributed by atoms with Crippen LogP contribution in [-0.2, 0) is 4.79 Å². The van der Waals surface area contributed by atoms with Crippen molar-refractivity contribution in [1.29, 1.82) is 0 Å². The first-order valence-electron chi connectivity index (χ1n) is 4.92. The highest BCUT2D eigenvalue weighted by molar-refractivity contribution is 9.10. The summed E-state index contributed by atoms with van der Waals surface area (Å²) in [7, 11) is 1.42. The lowest BCUT2D eigenvalue weighted by Gasteiger charge is -2.06. The number of urea groups is 1. The first-order chi connectivity index (χ1) is 8.51. The zero-order valence-electron chi connectivity index (χ0n) is 9.28. The summed E-state index contributed by atoms with van der Waals surface area (Å²) in [6, 6.07) is 2.43. The zero-order valence-corrected chi connectivity index (χ0v) is 10.9. The van der Waals surface area contributed by atoms with Crippen LogP contribution in [0.2, 0.25) is 0 Å². The third-order valence-corrected chi connectivity index (χ3v) is 3.00. The van der Waals surface area contributed by atoms with Gasteiger partial charge in [0.15, 0.2) is 11.5 Å². The molecule has 1 saturated heterocycles. The van der Waals surface area contributed by atoms with Crippen LogP contribution in [0.15, 0.2) is 22.3 Å². The van der Waals surface area contributed by atoms with E-state index in [0.29, 0.717) is 10.0 Å². The molecule has 2 rings (SSSR count). The average Bonchev–Trinajstić information content (AvgIpc) is 2.61. The highest BCUT2D eigenvalue weighted by atomic mass is 79.9. The van der Waals surface area contributed by atoms with E-state index in [0.717, 1.165) is 0 Å². The number of hydrogen-bond donors (Lipinski definition) is 3. The summed E-state index contributed by atoms with van der Waals surface area (Å²) in [5, 5.41) is 14.0. The number of carbonyl (C=O) groups excluding carboxylic acids is 2. The Morgan fingerprint density at radius 2 is 2.06 bits per heavy atom. The molecule has 0 aliphatic carbocycles. The van der Waals surface area contributed by atoms with Gasteiger partial charge in [0.25, 0.3) is 5.91 Å². The lowest BCUT2D eigenvalue weighted by atomic mass is 10.1. The fraction of sp³-hybridized carbons (Fsp3) is 0.0909. The number of halogens is 1. The molecule has 1 fully saturated rings. The maximum Gasteiger partial charge on any atom is 0.326 e. The summed E-state index contributed by atoms with van der Waals surface area (Å²) in [6.07, 6.45) is 1.48. The molecule has 3 amide bonds. The van der Waals surface area contributed by atoms with Crippen molar-refractivity contribution in [3.05, 3.63) is 27.9 Å². The number of carbonyl (C=O) groups is 2. The quantitative estimate of drug-likeness (QED) is 0.568. The van der Waals surface area contributed by atoms with Crippen LogP contribution in [0.25, 0.3) is 6.08 Å². The molecule has 0 radical (unpaired) electrons. The van der Waals surface area contributed by atoms with Gasteiger partial charge in [0.2, 0.25) is 0 Å². The summed E-state index contributed by atoms with van der Waals surface area (Å²) >= 11 is 3.25. The van der Waals surface area contributed by atoms with E-state index < -0.39 is 11.9 Å². The van der Waals surface area contributed by atoms with E-state index in [9.17, 15) is 14.7 Å². The number of ether oxygens (including phenoxy) is 1. The first-order valence-corrected chi connectivity index (χ1v) is 5.71. The van der Waals surface area contributed by atoms with E-state index >= 15 is 0 Å². The van der Waals surface area contributed by atoms with E-state index in [1.807, 2.05) is 0 Å². The first kappa shape index (κ1) is 12.4. The molecule has 0 saturated carbocycles.